The molecule has 0 spiro atoms. The van der Waals surface area contributed by atoms with Gasteiger partial charge in [-0.15, -0.1) is 0 Å². The zero-order valence-electron chi connectivity index (χ0n) is 13.6. The van der Waals surface area contributed by atoms with Crippen LogP contribution in [-0.2, 0) is 4.74 Å². The number of aromatic hydroxyl groups is 1. The average molecular weight is 354 g/mol. The van der Waals surface area contributed by atoms with Gasteiger partial charge in [-0.3, -0.25) is 4.57 Å². The number of carboxylic acid groups (broad SMARTS) is 1. The van der Waals surface area contributed by atoms with E-state index in [0.29, 0.717) is 11.3 Å². The van der Waals surface area contributed by atoms with Gasteiger partial charge in [0.05, 0.1) is 35.8 Å². The topological polar surface area (TPSA) is 111 Å². The largest absolute Gasteiger partial charge is 0.493 e. The lowest BCUT2D eigenvalue weighted by Gasteiger charge is -2.05. The molecule has 2 aromatic carbocycles. The molecule has 8 nitrogen and oxygen atoms in total. The first-order valence-electron chi connectivity index (χ1n) is 7.48. The van der Waals surface area contributed by atoms with Crippen LogP contribution in [0.3, 0.4) is 0 Å². The molecule has 0 aliphatic heterocycles. The third-order valence-electron chi connectivity index (χ3n) is 3.79. The van der Waals surface area contributed by atoms with Crippen LogP contribution in [0.1, 0.15) is 20.7 Å². The van der Waals surface area contributed by atoms with Gasteiger partial charge in [-0.2, -0.15) is 0 Å². The molecule has 3 aromatic rings. The fourth-order valence-corrected chi connectivity index (χ4v) is 2.52. The van der Waals surface area contributed by atoms with E-state index in [-0.39, 0.29) is 17.1 Å². The van der Waals surface area contributed by atoms with Crippen LogP contribution < -0.4 is 5.69 Å². The van der Waals surface area contributed by atoms with E-state index in [9.17, 15) is 19.5 Å². The van der Waals surface area contributed by atoms with Crippen LogP contribution in [0.5, 0.6) is 5.88 Å². The van der Waals surface area contributed by atoms with Gasteiger partial charge >= 0.3 is 17.6 Å². The number of nitrogens with zero attached hydrogens (tertiary/aromatic N) is 2. The zero-order valence-corrected chi connectivity index (χ0v) is 13.6. The SMILES string of the molecule is COC(=O)c1ccc(-n2cc(O)n(-c3cccc(C(=O)O)c3)c2=O)cc1. The molecule has 0 aliphatic rings. The standard InChI is InChI=1S/C18H14N2O6/c1-26-17(24)11-5-7-13(8-6-11)19-10-15(21)20(18(19)25)14-4-2-3-12(9-14)16(22)23/h2-10,21H,1H3,(H,22,23). The minimum Gasteiger partial charge on any atom is -0.493 e. The normalized spacial score (nSPS) is 10.5. The van der Waals surface area contributed by atoms with Crippen LogP contribution in [0.2, 0.25) is 0 Å². The lowest BCUT2D eigenvalue weighted by molar-refractivity contribution is 0.0600. The molecule has 0 atom stereocenters. The number of ether oxygens (including phenoxy) is 1. The molecule has 0 unspecified atom stereocenters. The quantitative estimate of drug-likeness (QED) is 0.692. The van der Waals surface area contributed by atoms with Gasteiger partial charge in [0, 0.05) is 0 Å². The Labute approximate surface area is 147 Å². The number of benzene rings is 2. The number of rotatable bonds is 4. The predicted molar refractivity (Wildman–Crippen MR) is 91.3 cm³/mol. The molecule has 132 valence electrons. The molecule has 0 fully saturated rings. The molecule has 8 heteroatoms. The van der Waals surface area contributed by atoms with Crippen molar-refractivity contribution in [2.75, 3.05) is 7.11 Å². The number of hydrogen-bond acceptors (Lipinski definition) is 5. The van der Waals surface area contributed by atoms with E-state index < -0.39 is 17.6 Å². The highest BCUT2D eigenvalue weighted by Gasteiger charge is 2.15. The Morgan fingerprint density at radius 1 is 1.00 bits per heavy atom. The second-order valence-electron chi connectivity index (χ2n) is 5.37. The molecule has 26 heavy (non-hydrogen) atoms. The Bertz CT molecular complexity index is 1050. The van der Waals surface area contributed by atoms with Gasteiger partial charge in [-0.25, -0.2) is 19.0 Å². The van der Waals surface area contributed by atoms with Crippen molar-refractivity contribution in [1.29, 1.82) is 0 Å². The molecule has 1 aromatic heterocycles. The first kappa shape index (κ1) is 17.0. The third-order valence-corrected chi connectivity index (χ3v) is 3.79. The number of hydrogen-bond donors (Lipinski definition) is 2. The molecular formula is C18H14N2O6. The maximum atomic E-state index is 12.7. The number of imidazole rings is 1. The molecule has 1 heterocycles. The summed E-state index contributed by atoms with van der Waals surface area (Å²) in [5.41, 5.74) is 0.366. The van der Waals surface area contributed by atoms with Crippen molar-refractivity contribution in [2.45, 2.75) is 0 Å². The summed E-state index contributed by atoms with van der Waals surface area (Å²) >= 11 is 0. The lowest BCUT2D eigenvalue weighted by Crippen LogP contribution is -2.22. The van der Waals surface area contributed by atoms with Crippen LogP contribution in [-0.4, -0.2) is 38.4 Å². The van der Waals surface area contributed by atoms with Crippen LogP contribution >= 0.6 is 0 Å². The molecule has 0 radical (unpaired) electrons. The summed E-state index contributed by atoms with van der Waals surface area (Å²) in [5.74, 6) is -2.00. The molecule has 0 bridgehead atoms. The Morgan fingerprint density at radius 3 is 2.31 bits per heavy atom. The van der Waals surface area contributed by atoms with E-state index in [0.717, 1.165) is 4.57 Å². The first-order chi connectivity index (χ1) is 12.4. The molecule has 0 amide bonds. The maximum Gasteiger partial charge on any atom is 0.340 e. The minimum atomic E-state index is -1.14. The van der Waals surface area contributed by atoms with Crippen LogP contribution in [0.15, 0.2) is 59.5 Å². The predicted octanol–water partition coefficient (Wildman–Crippen LogP) is 1.82. The molecule has 2 N–H and O–H groups in total. The summed E-state index contributed by atoms with van der Waals surface area (Å²) in [6.45, 7) is 0. The Kier molecular flexibility index (Phi) is 4.32. The molecular weight excluding hydrogens is 340 g/mol. The number of aromatic carboxylic acids is 1. The highest BCUT2D eigenvalue weighted by atomic mass is 16.5. The lowest BCUT2D eigenvalue weighted by atomic mass is 10.2. The molecule has 3 rings (SSSR count). The Balaban J connectivity index is 2.06. The zero-order chi connectivity index (χ0) is 18.8. The van der Waals surface area contributed by atoms with E-state index in [2.05, 4.69) is 4.74 Å². The monoisotopic (exact) mass is 354 g/mol. The summed E-state index contributed by atoms with van der Waals surface area (Å²) in [6.07, 6.45) is 1.21. The van der Waals surface area contributed by atoms with Crippen LogP contribution in [0, 0.1) is 0 Å². The summed E-state index contributed by atoms with van der Waals surface area (Å²) < 4.78 is 6.79. The van der Waals surface area contributed by atoms with Crippen molar-refractivity contribution in [3.05, 3.63) is 76.3 Å². The van der Waals surface area contributed by atoms with Crippen molar-refractivity contribution in [3.63, 3.8) is 0 Å². The average Bonchev–Trinajstić information content (AvgIpc) is 2.95. The van der Waals surface area contributed by atoms with Gasteiger partial charge in [-0.05, 0) is 42.5 Å². The number of carbonyl (C=O) groups excluding carboxylic acids is 1. The van der Waals surface area contributed by atoms with Gasteiger partial charge in [-0.1, -0.05) is 6.07 Å². The molecule has 0 aliphatic carbocycles. The van der Waals surface area contributed by atoms with Crippen LogP contribution in [0.4, 0.5) is 0 Å². The second-order valence-corrected chi connectivity index (χ2v) is 5.37. The smallest absolute Gasteiger partial charge is 0.340 e. The number of esters is 1. The highest BCUT2D eigenvalue weighted by Crippen LogP contribution is 2.18. The Morgan fingerprint density at radius 2 is 1.69 bits per heavy atom. The van der Waals surface area contributed by atoms with Gasteiger partial charge < -0.3 is 14.9 Å². The van der Waals surface area contributed by atoms with Crippen LogP contribution in [0.25, 0.3) is 11.4 Å². The van der Waals surface area contributed by atoms with E-state index in [1.807, 2.05) is 0 Å². The minimum absolute atomic E-state index is 0.0102. The molecule has 0 saturated heterocycles. The summed E-state index contributed by atoms with van der Waals surface area (Å²) in [4.78, 5) is 35.2. The van der Waals surface area contributed by atoms with Crippen molar-refractivity contribution < 1.29 is 24.5 Å². The van der Waals surface area contributed by atoms with Crippen molar-refractivity contribution in [2.24, 2.45) is 0 Å². The number of carboxylic acids is 1. The van der Waals surface area contributed by atoms with Gasteiger partial charge in [0.1, 0.15) is 0 Å². The number of aromatic nitrogens is 2. The third kappa shape index (κ3) is 2.95. The number of carbonyl (C=O) groups is 2. The van der Waals surface area contributed by atoms with E-state index in [1.165, 1.54) is 66.4 Å². The van der Waals surface area contributed by atoms with E-state index in [4.69, 9.17) is 5.11 Å². The highest BCUT2D eigenvalue weighted by molar-refractivity contribution is 5.89. The van der Waals surface area contributed by atoms with Gasteiger partial charge in [0.2, 0.25) is 5.88 Å². The summed E-state index contributed by atoms with van der Waals surface area (Å²) in [7, 11) is 1.27. The van der Waals surface area contributed by atoms with Crippen molar-refractivity contribution in [1.82, 2.24) is 9.13 Å². The number of methoxy groups -OCH3 is 1. The summed E-state index contributed by atoms with van der Waals surface area (Å²) in [5, 5.41) is 19.2. The van der Waals surface area contributed by atoms with E-state index in [1.54, 1.807) is 0 Å². The Hall–Kier alpha value is -3.81. The second kappa shape index (κ2) is 6.60. The molecule has 0 saturated carbocycles. The maximum absolute atomic E-state index is 12.7. The van der Waals surface area contributed by atoms with Gasteiger partial charge in [0.25, 0.3) is 0 Å². The van der Waals surface area contributed by atoms with E-state index >= 15 is 0 Å². The van der Waals surface area contributed by atoms with Crippen molar-refractivity contribution >= 4 is 11.9 Å². The fraction of sp³-hybridized carbons (Fsp3) is 0.0556. The first-order valence-corrected chi connectivity index (χ1v) is 7.48. The summed E-state index contributed by atoms with van der Waals surface area (Å²) in [6, 6.07) is 11.7. The van der Waals surface area contributed by atoms with Gasteiger partial charge in [0.15, 0.2) is 0 Å². The fourth-order valence-electron chi connectivity index (χ4n) is 2.52. The van der Waals surface area contributed by atoms with Crippen molar-refractivity contribution in [3.8, 4) is 17.3 Å².